The molecule has 1 unspecified atom stereocenters. The van der Waals surface area contributed by atoms with Crippen LogP contribution in [-0.4, -0.2) is 32.0 Å². The number of nitrogens with zero attached hydrogens (tertiary/aromatic N) is 3. The second kappa shape index (κ2) is 9.00. The Morgan fingerprint density at radius 3 is 2.04 bits per heavy atom. The zero-order valence-electron chi connectivity index (χ0n) is 13.4. The maximum atomic E-state index is 10.9. The zero-order valence-corrected chi connectivity index (χ0v) is 13.4. The van der Waals surface area contributed by atoms with Gasteiger partial charge in [-0.05, 0) is 37.1 Å². The molecule has 2 rings (SSSR count). The predicted octanol–water partition coefficient (Wildman–Crippen LogP) is 3.12. The standard InChI is InChI=1S/C18H23N3O2/c1-2-17(9-10-18(22)23)21(13-15-7-3-5-11-19-15)14-16-8-4-6-12-20-16/h3-8,11-12,17H,2,9-10,13-14H2,1H3,(H,22,23). The van der Waals surface area contributed by atoms with E-state index < -0.39 is 5.97 Å². The van der Waals surface area contributed by atoms with E-state index in [0.29, 0.717) is 19.5 Å². The Bertz CT molecular complexity index is 548. The largest absolute Gasteiger partial charge is 0.481 e. The normalized spacial score (nSPS) is 12.3. The van der Waals surface area contributed by atoms with Crippen molar-refractivity contribution in [2.75, 3.05) is 0 Å². The van der Waals surface area contributed by atoms with Crippen molar-refractivity contribution >= 4 is 5.97 Å². The third-order valence-corrected chi connectivity index (χ3v) is 3.86. The van der Waals surface area contributed by atoms with Gasteiger partial charge in [-0.15, -0.1) is 0 Å². The van der Waals surface area contributed by atoms with Gasteiger partial charge in [0.25, 0.3) is 0 Å². The van der Waals surface area contributed by atoms with Crippen LogP contribution in [0.2, 0.25) is 0 Å². The van der Waals surface area contributed by atoms with E-state index >= 15 is 0 Å². The van der Waals surface area contributed by atoms with E-state index in [9.17, 15) is 4.79 Å². The molecular weight excluding hydrogens is 290 g/mol. The molecule has 0 fully saturated rings. The first-order valence-corrected chi connectivity index (χ1v) is 7.94. The van der Waals surface area contributed by atoms with Gasteiger partial charge in [-0.25, -0.2) is 0 Å². The summed E-state index contributed by atoms with van der Waals surface area (Å²) in [6.45, 7) is 3.47. The maximum absolute atomic E-state index is 10.9. The number of rotatable bonds is 9. The summed E-state index contributed by atoms with van der Waals surface area (Å²) < 4.78 is 0. The molecule has 0 radical (unpaired) electrons. The molecule has 0 bridgehead atoms. The van der Waals surface area contributed by atoms with E-state index in [1.165, 1.54) is 0 Å². The van der Waals surface area contributed by atoms with Crippen LogP contribution in [0.4, 0.5) is 0 Å². The average Bonchev–Trinajstić information content (AvgIpc) is 2.57. The van der Waals surface area contributed by atoms with Gasteiger partial charge in [-0.1, -0.05) is 19.1 Å². The molecule has 122 valence electrons. The van der Waals surface area contributed by atoms with Gasteiger partial charge in [0, 0.05) is 37.9 Å². The lowest BCUT2D eigenvalue weighted by molar-refractivity contribution is -0.137. The second-order valence-electron chi connectivity index (χ2n) is 5.54. The smallest absolute Gasteiger partial charge is 0.303 e. The highest BCUT2D eigenvalue weighted by atomic mass is 16.4. The summed E-state index contributed by atoms with van der Waals surface area (Å²) in [6, 6.07) is 11.9. The molecule has 0 aliphatic carbocycles. The molecule has 0 saturated heterocycles. The molecule has 0 amide bonds. The quantitative estimate of drug-likeness (QED) is 0.770. The highest BCUT2D eigenvalue weighted by Gasteiger charge is 2.19. The Labute approximate surface area is 137 Å². The molecule has 0 saturated carbocycles. The number of carboxylic acids is 1. The Balaban J connectivity index is 2.13. The van der Waals surface area contributed by atoms with Crippen molar-refractivity contribution in [3.05, 3.63) is 60.2 Å². The third-order valence-electron chi connectivity index (χ3n) is 3.86. The number of carbonyl (C=O) groups is 1. The fourth-order valence-corrected chi connectivity index (χ4v) is 2.65. The molecule has 1 atom stereocenters. The van der Waals surface area contributed by atoms with Crippen molar-refractivity contribution in [1.82, 2.24) is 14.9 Å². The van der Waals surface area contributed by atoms with Crippen LogP contribution in [0.5, 0.6) is 0 Å². The van der Waals surface area contributed by atoms with Crippen molar-refractivity contribution in [3.63, 3.8) is 0 Å². The van der Waals surface area contributed by atoms with E-state index in [4.69, 9.17) is 5.11 Å². The van der Waals surface area contributed by atoms with Gasteiger partial charge in [0.2, 0.25) is 0 Å². The SMILES string of the molecule is CCC(CCC(=O)O)N(Cc1ccccn1)Cc1ccccn1. The van der Waals surface area contributed by atoms with Gasteiger partial charge < -0.3 is 5.11 Å². The van der Waals surface area contributed by atoms with Gasteiger partial charge in [-0.2, -0.15) is 0 Å². The van der Waals surface area contributed by atoms with Gasteiger partial charge >= 0.3 is 5.97 Å². The molecule has 0 aliphatic heterocycles. The molecule has 0 aromatic carbocycles. The van der Waals surface area contributed by atoms with Crippen molar-refractivity contribution in [3.8, 4) is 0 Å². The summed E-state index contributed by atoms with van der Waals surface area (Å²) in [7, 11) is 0. The van der Waals surface area contributed by atoms with Crippen molar-refractivity contribution in [2.45, 2.75) is 45.3 Å². The van der Waals surface area contributed by atoms with E-state index in [-0.39, 0.29) is 12.5 Å². The van der Waals surface area contributed by atoms with Gasteiger partial charge in [-0.3, -0.25) is 19.7 Å². The Kier molecular flexibility index (Phi) is 6.69. The number of aromatic nitrogens is 2. The molecule has 5 heteroatoms. The van der Waals surface area contributed by atoms with Crippen LogP contribution >= 0.6 is 0 Å². The third kappa shape index (κ3) is 5.79. The average molecular weight is 313 g/mol. The van der Waals surface area contributed by atoms with Crippen LogP contribution in [0.1, 0.15) is 37.6 Å². The molecule has 0 spiro atoms. The van der Waals surface area contributed by atoms with Crippen molar-refractivity contribution < 1.29 is 9.90 Å². The molecule has 2 heterocycles. The lowest BCUT2D eigenvalue weighted by Crippen LogP contribution is -2.35. The number of hydrogen-bond donors (Lipinski definition) is 1. The van der Waals surface area contributed by atoms with Gasteiger partial charge in [0.15, 0.2) is 0 Å². The Morgan fingerprint density at radius 2 is 1.65 bits per heavy atom. The van der Waals surface area contributed by atoms with Crippen LogP contribution in [0.3, 0.4) is 0 Å². The van der Waals surface area contributed by atoms with Crippen LogP contribution in [0.15, 0.2) is 48.8 Å². The summed E-state index contributed by atoms with van der Waals surface area (Å²) in [5.41, 5.74) is 1.97. The van der Waals surface area contributed by atoms with E-state index in [1.807, 2.05) is 36.4 Å². The number of aliphatic carboxylic acids is 1. The fraction of sp³-hybridized carbons (Fsp3) is 0.389. The summed E-state index contributed by atoms with van der Waals surface area (Å²) in [5.74, 6) is -0.751. The Hall–Kier alpha value is -2.27. The fourth-order valence-electron chi connectivity index (χ4n) is 2.65. The maximum Gasteiger partial charge on any atom is 0.303 e. The van der Waals surface area contributed by atoms with E-state index in [1.54, 1.807) is 12.4 Å². The number of carboxylic acid groups (broad SMARTS) is 1. The molecule has 1 N–H and O–H groups in total. The van der Waals surface area contributed by atoms with Crippen LogP contribution in [-0.2, 0) is 17.9 Å². The van der Waals surface area contributed by atoms with Crippen LogP contribution in [0, 0.1) is 0 Å². The van der Waals surface area contributed by atoms with Crippen LogP contribution in [0.25, 0.3) is 0 Å². The molecule has 2 aromatic heterocycles. The first-order valence-electron chi connectivity index (χ1n) is 7.94. The minimum absolute atomic E-state index is 0.180. The van der Waals surface area contributed by atoms with Crippen LogP contribution < -0.4 is 0 Å². The molecule has 0 aliphatic rings. The minimum atomic E-state index is -0.751. The highest BCUT2D eigenvalue weighted by Crippen LogP contribution is 2.17. The molecule has 23 heavy (non-hydrogen) atoms. The summed E-state index contributed by atoms with van der Waals surface area (Å²) in [4.78, 5) is 22.0. The minimum Gasteiger partial charge on any atom is -0.481 e. The summed E-state index contributed by atoms with van der Waals surface area (Å²) in [6.07, 6.45) is 5.27. The van der Waals surface area contributed by atoms with E-state index in [2.05, 4.69) is 21.8 Å². The monoisotopic (exact) mass is 313 g/mol. The molecule has 5 nitrogen and oxygen atoms in total. The first kappa shape index (κ1) is 17.1. The summed E-state index contributed by atoms with van der Waals surface area (Å²) >= 11 is 0. The second-order valence-corrected chi connectivity index (χ2v) is 5.54. The number of pyridine rings is 2. The lowest BCUT2D eigenvalue weighted by Gasteiger charge is -2.30. The summed E-state index contributed by atoms with van der Waals surface area (Å²) in [5, 5.41) is 8.98. The van der Waals surface area contributed by atoms with Crippen molar-refractivity contribution in [2.24, 2.45) is 0 Å². The van der Waals surface area contributed by atoms with Gasteiger partial charge in [0.1, 0.15) is 0 Å². The highest BCUT2D eigenvalue weighted by molar-refractivity contribution is 5.66. The predicted molar refractivity (Wildman–Crippen MR) is 88.7 cm³/mol. The first-order chi connectivity index (χ1) is 11.2. The zero-order chi connectivity index (χ0) is 16.5. The molecular formula is C18H23N3O2. The van der Waals surface area contributed by atoms with Gasteiger partial charge in [0.05, 0.1) is 11.4 Å². The number of hydrogen-bond acceptors (Lipinski definition) is 4. The molecule has 2 aromatic rings. The Morgan fingerprint density at radius 1 is 1.09 bits per heavy atom. The topological polar surface area (TPSA) is 66.3 Å². The lowest BCUT2D eigenvalue weighted by atomic mass is 10.1. The van der Waals surface area contributed by atoms with E-state index in [0.717, 1.165) is 17.8 Å². The van der Waals surface area contributed by atoms with Crippen molar-refractivity contribution in [1.29, 1.82) is 0 Å².